The van der Waals surface area contributed by atoms with E-state index in [1.54, 1.807) is 18.2 Å². The third-order valence-corrected chi connectivity index (χ3v) is 4.36. The highest BCUT2D eigenvalue weighted by Crippen LogP contribution is 2.23. The summed E-state index contributed by atoms with van der Waals surface area (Å²) in [6.45, 7) is 0.108. The largest absolute Gasteiger partial charge is 0.497 e. The summed E-state index contributed by atoms with van der Waals surface area (Å²) in [4.78, 5) is 12.4. The van der Waals surface area contributed by atoms with Crippen LogP contribution in [-0.2, 0) is 7.05 Å². The minimum atomic E-state index is -0.795. The molecule has 3 aromatic rings. The van der Waals surface area contributed by atoms with Gasteiger partial charge in [0.1, 0.15) is 11.5 Å². The topological polar surface area (TPSA) is 72.7 Å². The van der Waals surface area contributed by atoms with Crippen molar-refractivity contribution in [3.05, 3.63) is 59.8 Å². The van der Waals surface area contributed by atoms with Crippen LogP contribution in [0, 0.1) is 0 Å². The number of aromatic nitrogens is 1. The van der Waals surface area contributed by atoms with Crippen molar-refractivity contribution in [1.29, 1.82) is 0 Å². The van der Waals surface area contributed by atoms with Crippen LogP contribution in [0.15, 0.2) is 48.7 Å². The van der Waals surface area contributed by atoms with Crippen LogP contribution in [0.3, 0.4) is 0 Å². The molecule has 0 fully saturated rings. The number of carbonyl (C=O) groups is 1. The Balaban J connectivity index is 1.70. The van der Waals surface area contributed by atoms with Crippen LogP contribution in [-0.4, -0.2) is 36.3 Å². The number of fused-ring (bicyclic) bond motifs is 1. The van der Waals surface area contributed by atoms with E-state index in [2.05, 4.69) is 5.32 Å². The maximum Gasteiger partial charge on any atom is 0.251 e. The Morgan fingerprint density at radius 2 is 1.81 bits per heavy atom. The van der Waals surface area contributed by atoms with Gasteiger partial charge in [-0.25, -0.2) is 0 Å². The maximum absolute atomic E-state index is 12.4. The van der Waals surface area contributed by atoms with Crippen LogP contribution in [0.5, 0.6) is 11.5 Å². The molecule has 136 valence electrons. The van der Waals surface area contributed by atoms with E-state index in [0.717, 1.165) is 16.5 Å². The molecule has 26 heavy (non-hydrogen) atoms. The molecule has 1 heterocycles. The van der Waals surface area contributed by atoms with Crippen molar-refractivity contribution in [2.45, 2.75) is 6.10 Å². The monoisotopic (exact) mass is 354 g/mol. The van der Waals surface area contributed by atoms with Gasteiger partial charge in [-0.3, -0.25) is 4.79 Å². The molecule has 0 aliphatic carbocycles. The molecule has 1 atom stereocenters. The molecule has 6 heteroatoms. The number of hydrogen-bond acceptors (Lipinski definition) is 4. The number of nitrogens with zero attached hydrogens (tertiary/aromatic N) is 1. The fraction of sp³-hybridized carbons (Fsp3) is 0.250. The maximum atomic E-state index is 12.4. The number of methoxy groups -OCH3 is 2. The Hall–Kier alpha value is -2.99. The fourth-order valence-corrected chi connectivity index (χ4v) is 2.86. The molecule has 2 aromatic carbocycles. The molecule has 1 aromatic heterocycles. The van der Waals surface area contributed by atoms with Gasteiger partial charge >= 0.3 is 0 Å². The smallest absolute Gasteiger partial charge is 0.251 e. The van der Waals surface area contributed by atoms with Gasteiger partial charge in [0.05, 0.1) is 20.3 Å². The van der Waals surface area contributed by atoms with Gasteiger partial charge in [0, 0.05) is 36.9 Å². The van der Waals surface area contributed by atoms with E-state index in [1.165, 1.54) is 14.2 Å². The minimum absolute atomic E-state index is 0.108. The molecule has 0 aliphatic rings. The van der Waals surface area contributed by atoms with Gasteiger partial charge in [0.15, 0.2) is 0 Å². The van der Waals surface area contributed by atoms with Gasteiger partial charge in [-0.2, -0.15) is 0 Å². The summed E-state index contributed by atoms with van der Waals surface area (Å²) in [5, 5.41) is 14.2. The van der Waals surface area contributed by atoms with Crippen molar-refractivity contribution >= 4 is 16.8 Å². The van der Waals surface area contributed by atoms with Crippen molar-refractivity contribution in [2.75, 3.05) is 20.8 Å². The van der Waals surface area contributed by atoms with E-state index < -0.39 is 6.10 Å². The van der Waals surface area contributed by atoms with Crippen molar-refractivity contribution in [3.8, 4) is 11.5 Å². The van der Waals surface area contributed by atoms with Gasteiger partial charge in [-0.1, -0.05) is 6.07 Å². The summed E-state index contributed by atoms with van der Waals surface area (Å²) in [7, 11) is 5.03. The first-order valence-corrected chi connectivity index (χ1v) is 8.26. The molecule has 0 aliphatic heterocycles. The molecular formula is C20H22N2O4. The van der Waals surface area contributed by atoms with Crippen LogP contribution in [0.4, 0.5) is 0 Å². The lowest BCUT2D eigenvalue weighted by Gasteiger charge is -2.14. The summed E-state index contributed by atoms with van der Waals surface area (Å²) in [5.74, 6) is 0.760. The highest BCUT2D eigenvalue weighted by molar-refractivity contribution is 5.95. The zero-order chi connectivity index (χ0) is 18.7. The second kappa shape index (κ2) is 7.49. The standard InChI is InChI=1S/C20H22N2O4/c1-22-7-6-13-8-14(4-5-18(13)22)19(23)12-21-20(24)15-9-16(25-2)11-17(10-15)26-3/h4-11,19,23H,12H2,1-3H3,(H,21,24). The molecule has 1 amide bonds. The average Bonchev–Trinajstić information content (AvgIpc) is 3.05. The van der Waals surface area contributed by atoms with Gasteiger partial charge in [-0.15, -0.1) is 0 Å². The quantitative estimate of drug-likeness (QED) is 0.714. The fourth-order valence-electron chi connectivity index (χ4n) is 2.86. The van der Waals surface area contributed by atoms with E-state index in [4.69, 9.17) is 9.47 Å². The number of aliphatic hydroxyl groups is 1. The first-order chi connectivity index (χ1) is 12.5. The molecule has 2 N–H and O–H groups in total. The predicted octanol–water partition coefficient (Wildman–Crippen LogP) is 2.66. The highest BCUT2D eigenvalue weighted by Gasteiger charge is 2.14. The van der Waals surface area contributed by atoms with Crippen molar-refractivity contribution < 1.29 is 19.4 Å². The molecule has 0 spiro atoms. The Kier molecular flexibility index (Phi) is 5.14. The third kappa shape index (κ3) is 3.65. The van der Waals surface area contributed by atoms with E-state index in [1.807, 2.05) is 42.1 Å². The lowest BCUT2D eigenvalue weighted by molar-refractivity contribution is 0.0915. The SMILES string of the molecule is COc1cc(OC)cc(C(=O)NCC(O)c2ccc3c(ccn3C)c2)c1. The molecule has 0 saturated carbocycles. The van der Waals surface area contributed by atoms with E-state index in [9.17, 15) is 9.90 Å². The first-order valence-electron chi connectivity index (χ1n) is 8.26. The lowest BCUT2D eigenvalue weighted by atomic mass is 10.1. The predicted molar refractivity (Wildman–Crippen MR) is 99.8 cm³/mol. The second-order valence-electron chi connectivity index (χ2n) is 6.07. The van der Waals surface area contributed by atoms with Crippen molar-refractivity contribution in [1.82, 2.24) is 9.88 Å². The van der Waals surface area contributed by atoms with Crippen LogP contribution < -0.4 is 14.8 Å². The number of carbonyl (C=O) groups excluding carboxylic acids is 1. The molecular weight excluding hydrogens is 332 g/mol. The summed E-state index contributed by atoms with van der Waals surface area (Å²) >= 11 is 0. The Bertz CT molecular complexity index is 910. The van der Waals surface area contributed by atoms with E-state index in [-0.39, 0.29) is 12.5 Å². The molecule has 0 saturated heterocycles. The van der Waals surface area contributed by atoms with Crippen molar-refractivity contribution in [2.24, 2.45) is 7.05 Å². The molecule has 1 unspecified atom stereocenters. The zero-order valence-electron chi connectivity index (χ0n) is 15.0. The number of hydrogen-bond donors (Lipinski definition) is 2. The number of aryl methyl sites for hydroxylation is 1. The number of benzene rings is 2. The van der Waals surface area contributed by atoms with Gasteiger partial charge in [0.25, 0.3) is 5.91 Å². The van der Waals surface area contributed by atoms with Crippen LogP contribution in [0.1, 0.15) is 22.0 Å². The average molecular weight is 354 g/mol. The summed E-state index contributed by atoms with van der Waals surface area (Å²) in [5.41, 5.74) is 2.26. The summed E-state index contributed by atoms with van der Waals surface area (Å²) in [6, 6.07) is 12.7. The van der Waals surface area contributed by atoms with Gasteiger partial charge < -0.3 is 24.5 Å². The highest BCUT2D eigenvalue weighted by atomic mass is 16.5. The lowest BCUT2D eigenvalue weighted by Crippen LogP contribution is -2.28. The number of ether oxygens (including phenoxy) is 2. The number of nitrogens with one attached hydrogen (secondary N) is 1. The van der Waals surface area contributed by atoms with E-state index >= 15 is 0 Å². The number of aliphatic hydroxyl groups excluding tert-OH is 1. The Morgan fingerprint density at radius 1 is 1.12 bits per heavy atom. The Labute approximate surface area is 152 Å². The van der Waals surface area contributed by atoms with Crippen LogP contribution >= 0.6 is 0 Å². The van der Waals surface area contributed by atoms with Crippen LogP contribution in [0.2, 0.25) is 0 Å². The minimum Gasteiger partial charge on any atom is -0.497 e. The van der Waals surface area contributed by atoms with Crippen molar-refractivity contribution in [3.63, 3.8) is 0 Å². The Morgan fingerprint density at radius 3 is 2.46 bits per heavy atom. The molecule has 3 rings (SSSR count). The third-order valence-electron chi connectivity index (χ3n) is 4.36. The summed E-state index contributed by atoms with van der Waals surface area (Å²) < 4.78 is 12.4. The normalized spacial score (nSPS) is 12.0. The second-order valence-corrected chi connectivity index (χ2v) is 6.07. The van der Waals surface area contributed by atoms with Crippen LogP contribution in [0.25, 0.3) is 10.9 Å². The molecule has 0 bridgehead atoms. The summed E-state index contributed by atoms with van der Waals surface area (Å²) in [6.07, 6.45) is 1.18. The van der Waals surface area contributed by atoms with Gasteiger partial charge in [-0.05, 0) is 41.3 Å². The van der Waals surface area contributed by atoms with E-state index in [0.29, 0.717) is 17.1 Å². The zero-order valence-corrected chi connectivity index (χ0v) is 15.0. The number of rotatable bonds is 6. The molecule has 0 radical (unpaired) electrons. The van der Waals surface area contributed by atoms with Gasteiger partial charge in [0.2, 0.25) is 0 Å². The number of amides is 1. The first kappa shape index (κ1) is 17.8. The molecule has 6 nitrogen and oxygen atoms in total.